The lowest BCUT2D eigenvalue weighted by atomic mass is 10.2. The number of hydrogen-bond acceptors (Lipinski definition) is 2. The maximum atomic E-state index is 12.9. The zero-order valence-electron chi connectivity index (χ0n) is 9.03. The molecule has 1 aromatic carbocycles. The Hall–Kier alpha value is -1.20. The monoisotopic (exact) mass is 262 g/mol. The van der Waals surface area contributed by atoms with E-state index in [1.54, 1.807) is 0 Å². The van der Waals surface area contributed by atoms with E-state index >= 15 is 0 Å². The maximum absolute atomic E-state index is 12.9. The van der Waals surface area contributed by atoms with Crippen molar-refractivity contribution in [1.82, 2.24) is 4.90 Å². The molecule has 0 unspecified atom stereocenters. The lowest BCUT2D eigenvalue weighted by molar-refractivity contribution is 0.0790. The molecular weight excluding hydrogens is 250 g/mol. The highest BCUT2D eigenvalue weighted by molar-refractivity contribution is 5.94. The number of benzene rings is 1. The molecule has 1 amide bonds. The second-order valence-electron chi connectivity index (χ2n) is 3.96. The summed E-state index contributed by atoms with van der Waals surface area (Å²) in [6.07, 6.45) is 0.726. The van der Waals surface area contributed by atoms with E-state index in [9.17, 15) is 13.6 Å². The number of carbonyl (C=O) groups is 1. The van der Waals surface area contributed by atoms with Gasteiger partial charge in [0.2, 0.25) is 0 Å². The fourth-order valence-electron chi connectivity index (χ4n) is 1.83. The molecular formula is C11H13ClF2N2O. The zero-order valence-corrected chi connectivity index (χ0v) is 9.84. The van der Waals surface area contributed by atoms with Crippen LogP contribution in [0.3, 0.4) is 0 Å². The van der Waals surface area contributed by atoms with E-state index in [4.69, 9.17) is 5.73 Å². The van der Waals surface area contributed by atoms with Crippen LogP contribution >= 0.6 is 12.4 Å². The molecule has 17 heavy (non-hydrogen) atoms. The minimum Gasteiger partial charge on any atom is -0.337 e. The molecule has 1 atom stereocenters. The van der Waals surface area contributed by atoms with Crippen LogP contribution in [0.25, 0.3) is 0 Å². The molecule has 1 aliphatic rings. The highest BCUT2D eigenvalue weighted by Gasteiger charge is 2.24. The van der Waals surface area contributed by atoms with Gasteiger partial charge in [-0.3, -0.25) is 4.79 Å². The normalized spacial score (nSPS) is 19.0. The SMILES string of the molecule is Cl.N[C@H]1CCN(C(=O)c2cc(F)cc(F)c2)C1. The maximum Gasteiger partial charge on any atom is 0.254 e. The van der Waals surface area contributed by atoms with E-state index in [1.165, 1.54) is 4.90 Å². The molecule has 6 heteroatoms. The summed E-state index contributed by atoms with van der Waals surface area (Å²) in [7, 11) is 0. The molecule has 1 heterocycles. The van der Waals surface area contributed by atoms with E-state index in [0.29, 0.717) is 13.1 Å². The standard InChI is InChI=1S/C11H12F2N2O.ClH/c12-8-3-7(4-9(13)5-8)11(16)15-2-1-10(14)6-15;/h3-5,10H,1-2,6,14H2;1H/t10-;/m0./s1. The third-order valence-electron chi connectivity index (χ3n) is 2.62. The van der Waals surface area contributed by atoms with Gasteiger partial charge in [-0.25, -0.2) is 8.78 Å². The minimum absolute atomic E-state index is 0. The van der Waals surface area contributed by atoms with Crippen LogP contribution in [-0.2, 0) is 0 Å². The van der Waals surface area contributed by atoms with E-state index < -0.39 is 11.6 Å². The van der Waals surface area contributed by atoms with Gasteiger partial charge in [0.1, 0.15) is 11.6 Å². The van der Waals surface area contributed by atoms with Gasteiger partial charge in [0.05, 0.1) is 0 Å². The Morgan fingerprint density at radius 1 is 1.29 bits per heavy atom. The molecule has 2 N–H and O–H groups in total. The number of nitrogens with zero attached hydrogens (tertiary/aromatic N) is 1. The summed E-state index contributed by atoms with van der Waals surface area (Å²) >= 11 is 0. The molecule has 0 aromatic heterocycles. The van der Waals surface area contributed by atoms with Gasteiger partial charge in [0.15, 0.2) is 0 Å². The Kier molecular flexibility index (Phi) is 4.42. The predicted octanol–water partition coefficient (Wildman–Crippen LogP) is 1.56. The Bertz CT molecular complexity index is 408. The minimum atomic E-state index is -0.744. The van der Waals surface area contributed by atoms with Crippen LogP contribution in [0.5, 0.6) is 0 Å². The Morgan fingerprint density at radius 3 is 2.35 bits per heavy atom. The molecule has 0 aliphatic carbocycles. The predicted molar refractivity (Wildman–Crippen MR) is 62.1 cm³/mol. The van der Waals surface area contributed by atoms with Gasteiger partial charge in [-0.05, 0) is 18.6 Å². The second-order valence-corrected chi connectivity index (χ2v) is 3.96. The number of hydrogen-bond donors (Lipinski definition) is 1. The topological polar surface area (TPSA) is 46.3 Å². The molecule has 1 aliphatic heterocycles. The van der Waals surface area contributed by atoms with Gasteiger partial charge in [-0.15, -0.1) is 12.4 Å². The quantitative estimate of drug-likeness (QED) is 0.835. The first-order valence-corrected chi connectivity index (χ1v) is 5.07. The van der Waals surface area contributed by atoms with Gasteiger partial charge in [-0.2, -0.15) is 0 Å². The van der Waals surface area contributed by atoms with E-state index in [0.717, 1.165) is 24.6 Å². The zero-order chi connectivity index (χ0) is 11.7. The van der Waals surface area contributed by atoms with Crippen molar-refractivity contribution in [3.63, 3.8) is 0 Å². The molecule has 1 fully saturated rings. The second kappa shape index (κ2) is 5.42. The summed E-state index contributed by atoms with van der Waals surface area (Å²) in [5.74, 6) is -1.86. The lowest BCUT2D eigenvalue weighted by Gasteiger charge is -2.15. The van der Waals surface area contributed by atoms with E-state index in [2.05, 4.69) is 0 Å². The molecule has 2 rings (SSSR count). The summed E-state index contributed by atoms with van der Waals surface area (Å²) in [5, 5.41) is 0. The largest absolute Gasteiger partial charge is 0.337 e. The van der Waals surface area contributed by atoms with E-state index in [-0.39, 0.29) is 29.9 Å². The average molecular weight is 263 g/mol. The van der Waals surface area contributed by atoms with Crippen molar-refractivity contribution in [3.05, 3.63) is 35.4 Å². The smallest absolute Gasteiger partial charge is 0.254 e. The molecule has 0 saturated carbocycles. The van der Waals surface area contributed by atoms with Gasteiger partial charge in [-0.1, -0.05) is 0 Å². The summed E-state index contributed by atoms with van der Waals surface area (Å²) in [6, 6.07) is 2.78. The molecule has 0 spiro atoms. The Balaban J connectivity index is 0.00000144. The van der Waals surface area contributed by atoms with Crippen molar-refractivity contribution < 1.29 is 13.6 Å². The highest BCUT2D eigenvalue weighted by Crippen LogP contribution is 2.14. The highest BCUT2D eigenvalue weighted by atomic mass is 35.5. The fourth-order valence-corrected chi connectivity index (χ4v) is 1.83. The first-order valence-electron chi connectivity index (χ1n) is 5.07. The summed E-state index contributed by atoms with van der Waals surface area (Å²) in [4.78, 5) is 13.3. The number of nitrogens with two attached hydrogens (primary N) is 1. The van der Waals surface area contributed by atoms with Gasteiger partial charge < -0.3 is 10.6 Å². The summed E-state index contributed by atoms with van der Waals surface area (Å²) < 4.78 is 25.8. The van der Waals surface area contributed by atoms with Crippen LogP contribution in [0.2, 0.25) is 0 Å². The van der Waals surface area contributed by atoms with Gasteiger partial charge >= 0.3 is 0 Å². The Morgan fingerprint density at radius 2 is 1.88 bits per heavy atom. The average Bonchev–Trinajstić information content (AvgIpc) is 2.62. The van der Waals surface area contributed by atoms with Crippen LogP contribution < -0.4 is 5.73 Å². The van der Waals surface area contributed by atoms with Crippen LogP contribution in [0.4, 0.5) is 8.78 Å². The molecule has 1 saturated heterocycles. The van der Waals surface area contributed by atoms with Gasteiger partial charge in [0.25, 0.3) is 5.91 Å². The van der Waals surface area contributed by atoms with Crippen LogP contribution in [0, 0.1) is 11.6 Å². The number of amides is 1. The molecule has 0 bridgehead atoms. The fraction of sp³-hybridized carbons (Fsp3) is 0.364. The first kappa shape index (κ1) is 13.9. The van der Waals surface area contributed by atoms with Crippen molar-refractivity contribution in [2.45, 2.75) is 12.5 Å². The van der Waals surface area contributed by atoms with Crippen molar-refractivity contribution in [2.24, 2.45) is 5.73 Å². The molecule has 0 radical (unpaired) electrons. The summed E-state index contributed by atoms with van der Waals surface area (Å²) in [5.41, 5.74) is 5.69. The molecule has 1 aromatic rings. The van der Waals surface area contributed by atoms with Crippen LogP contribution in [0.15, 0.2) is 18.2 Å². The number of carbonyl (C=O) groups excluding carboxylic acids is 1. The van der Waals surface area contributed by atoms with Crippen molar-refractivity contribution in [3.8, 4) is 0 Å². The van der Waals surface area contributed by atoms with Crippen molar-refractivity contribution in [2.75, 3.05) is 13.1 Å². The first-order chi connectivity index (χ1) is 7.56. The third kappa shape index (κ3) is 3.14. The Labute approximate surface area is 104 Å². The van der Waals surface area contributed by atoms with Crippen LogP contribution in [-0.4, -0.2) is 29.9 Å². The van der Waals surface area contributed by atoms with Crippen LogP contribution in [0.1, 0.15) is 16.8 Å². The number of rotatable bonds is 1. The van der Waals surface area contributed by atoms with Crippen molar-refractivity contribution >= 4 is 18.3 Å². The molecule has 3 nitrogen and oxygen atoms in total. The summed E-state index contributed by atoms with van der Waals surface area (Å²) in [6.45, 7) is 0.981. The van der Waals surface area contributed by atoms with Gasteiger partial charge in [0, 0.05) is 30.8 Å². The number of likely N-dealkylation sites (tertiary alicyclic amines) is 1. The third-order valence-corrected chi connectivity index (χ3v) is 2.62. The number of halogens is 3. The van der Waals surface area contributed by atoms with Crippen molar-refractivity contribution in [1.29, 1.82) is 0 Å². The lowest BCUT2D eigenvalue weighted by Crippen LogP contribution is -2.32. The molecule has 94 valence electrons. The van der Waals surface area contributed by atoms with E-state index in [1.807, 2.05) is 0 Å².